The molecular formula is C61H112N2. The molecule has 0 aromatic heterocycles. The molecule has 0 aliphatic rings. The van der Waals surface area contributed by atoms with Crippen molar-refractivity contribution in [1.29, 1.82) is 0 Å². The first kappa shape index (κ1) is 60.9. The molecule has 366 valence electrons. The molecule has 0 unspecified atom stereocenters. The van der Waals surface area contributed by atoms with Crippen LogP contribution in [0.4, 0.5) is 0 Å². The highest BCUT2D eigenvalue weighted by Crippen LogP contribution is 2.25. The maximum atomic E-state index is 4.81. The molecule has 0 aromatic carbocycles. The minimum absolute atomic E-state index is 0.661. The summed E-state index contributed by atoms with van der Waals surface area (Å²) in [5.74, 6) is 0. The molecule has 0 N–H and O–H groups in total. The third-order valence-corrected chi connectivity index (χ3v) is 12.7. The van der Waals surface area contributed by atoms with E-state index in [-0.39, 0.29) is 0 Å². The van der Waals surface area contributed by atoms with Crippen LogP contribution < -0.4 is 0 Å². The van der Waals surface area contributed by atoms with Gasteiger partial charge in [-0.25, -0.2) is 0 Å². The van der Waals surface area contributed by atoms with Gasteiger partial charge >= 0.3 is 0 Å². The molecule has 0 fully saturated rings. The van der Waals surface area contributed by atoms with Crippen LogP contribution >= 0.6 is 0 Å². The summed E-state index contributed by atoms with van der Waals surface area (Å²) in [4.78, 5) is 5.19. The maximum absolute atomic E-state index is 4.81. The third-order valence-electron chi connectivity index (χ3n) is 12.7. The zero-order valence-electron chi connectivity index (χ0n) is 43.6. The van der Waals surface area contributed by atoms with Crippen molar-refractivity contribution in [1.82, 2.24) is 9.80 Å². The summed E-state index contributed by atoms with van der Waals surface area (Å²) in [5, 5.41) is 0. The van der Waals surface area contributed by atoms with Crippen LogP contribution in [0.3, 0.4) is 0 Å². The summed E-state index contributed by atoms with van der Waals surface area (Å²) in [6, 6.07) is 0.661. The lowest BCUT2D eigenvalue weighted by molar-refractivity contribution is 0.202. The van der Waals surface area contributed by atoms with Gasteiger partial charge in [0.25, 0.3) is 0 Å². The Balaban J connectivity index is 4.87. The SMILES string of the molecule is C=C(CCCCCCC/C=C\C/C=C\CCCCC)N(CCCN(C)C)C(CCCCCCCC/C=C\C/C=C\CCCCC)CCCCCCCC/C=C\C/C=C\CCCCC. The molecular weight excluding hydrogens is 761 g/mol. The normalized spacial score (nSPS) is 12.6. The van der Waals surface area contributed by atoms with Crippen LogP contribution in [0, 0.1) is 0 Å². The second-order valence-corrected chi connectivity index (χ2v) is 19.3. The largest absolute Gasteiger partial charge is 0.372 e. The summed E-state index contributed by atoms with van der Waals surface area (Å²) < 4.78 is 0. The number of nitrogens with zero attached hydrogens (tertiary/aromatic N) is 2. The van der Waals surface area contributed by atoms with Crippen LogP contribution in [-0.2, 0) is 0 Å². The molecule has 0 radical (unpaired) electrons. The van der Waals surface area contributed by atoms with Crippen molar-refractivity contribution in [2.24, 2.45) is 0 Å². The Morgan fingerprint density at radius 2 is 0.651 bits per heavy atom. The Hall–Kier alpha value is -2.06. The van der Waals surface area contributed by atoms with Gasteiger partial charge in [-0.1, -0.05) is 222 Å². The van der Waals surface area contributed by atoms with E-state index in [0.29, 0.717) is 6.04 Å². The zero-order valence-corrected chi connectivity index (χ0v) is 43.6. The maximum Gasteiger partial charge on any atom is 0.0286 e. The van der Waals surface area contributed by atoms with Crippen LogP contribution in [0.1, 0.15) is 271 Å². The van der Waals surface area contributed by atoms with E-state index in [2.05, 4.69) is 118 Å². The molecule has 63 heavy (non-hydrogen) atoms. The van der Waals surface area contributed by atoms with Crippen molar-refractivity contribution >= 4 is 0 Å². The number of allylic oxidation sites excluding steroid dienone is 13. The Morgan fingerprint density at radius 3 is 0.984 bits per heavy atom. The van der Waals surface area contributed by atoms with Gasteiger partial charge < -0.3 is 9.80 Å². The predicted octanol–water partition coefficient (Wildman–Crippen LogP) is 20.3. The first-order valence-electron chi connectivity index (χ1n) is 28.1. The Labute approximate surface area is 397 Å². The fourth-order valence-electron chi connectivity index (χ4n) is 8.63. The van der Waals surface area contributed by atoms with Gasteiger partial charge in [0.15, 0.2) is 0 Å². The average molecular weight is 874 g/mol. The van der Waals surface area contributed by atoms with E-state index in [9.17, 15) is 0 Å². The number of hydrogen-bond acceptors (Lipinski definition) is 2. The summed E-state index contributed by atoms with van der Waals surface area (Å²) >= 11 is 0. The van der Waals surface area contributed by atoms with Gasteiger partial charge in [-0.15, -0.1) is 0 Å². The van der Waals surface area contributed by atoms with Crippen molar-refractivity contribution < 1.29 is 0 Å². The fourth-order valence-corrected chi connectivity index (χ4v) is 8.63. The van der Waals surface area contributed by atoms with Crippen LogP contribution in [0.25, 0.3) is 0 Å². The highest BCUT2D eigenvalue weighted by Gasteiger charge is 2.19. The highest BCUT2D eigenvalue weighted by atomic mass is 15.2. The van der Waals surface area contributed by atoms with E-state index in [1.54, 1.807) is 0 Å². The van der Waals surface area contributed by atoms with E-state index in [0.717, 1.165) is 25.8 Å². The minimum Gasteiger partial charge on any atom is -0.372 e. The molecule has 2 nitrogen and oxygen atoms in total. The fraction of sp³-hybridized carbons (Fsp3) is 0.770. The zero-order chi connectivity index (χ0) is 45.8. The van der Waals surface area contributed by atoms with Gasteiger partial charge in [-0.3, -0.25) is 0 Å². The standard InChI is InChI=1S/C61H112N2/c1-7-10-13-16-19-22-25-28-31-34-37-40-43-46-49-52-56-61(57-53-50-47-44-41-38-35-32-29-26-23-20-17-14-11-8-2)63(59-54-58-62(5)6)60(4)55-51-48-45-42-39-36-33-30-27-24-21-18-15-12-9-3/h19-24,28-33,61H,4,7-18,25-27,34-59H2,1-3,5-6H3/b22-19-,23-20-,24-21-,31-28-,32-29-,33-30-. The van der Waals surface area contributed by atoms with E-state index >= 15 is 0 Å². The molecule has 0 atom stereocenters. The van der Waals surface area contributed by atoms with Crippen molar-refractivity contribution in [2.45, 2.75) is 277 Å². The van der Waals surface area contributed by atoms with Gasteiger partial charge in [0.2, 0.25) is 0 Å². The number of rotatable bonds is 50. The second kappa shape index (κ2) is 52.6. The van der Waals surface area contributed by atoms with Crippen molar-refractivity contribution in [2.75, 3.05) is 27.2 Å². The lowest BCUT2D eigenvalue weighted by Gasteiger charge is -2.36. The van der Waals surface area contributed by atoms with Gasteiger partial charge in [0, 0.05) is 18.3 Å². The third kappa shape index (κ3) is 47.7. The van der Waals surface area contributed by atoms with Gasteiger partial charge in [-0.05, 0) is 149 Å². The predicted molar refractivity (Wildman–Crippen MR) is 290 cm³/mol. The Bertz CT molecular complexity index is 1040. The van der Waals surface area contributed by atoms with E-state index < -0.39 is 0 Å². The smallest absolute Gasteiger partial charge is 0.0286 e. The van der Waals surface area contributed by atoms with E-state index in [4.69, 9.17) is 6.58 Å². The first-order chi connectivity index (χ1) is 31.1. The Morgan fingerprint density at radius 1 is 0.349 bits per heavy atom. The molecule has 0 aromatic rings. The molecule has 0 aliphatic heterocycles. The van der Waals surface area contributed by atoms with E-state index in [1.165, 1.54) is 243 Å². The minimum atomic E-state index is 0.661. The van der Waals surface area contributed by atoms with Crippen LogP contribution in [-0.4, -0.2) is 43.0 Å². The number of hydrogen-bond donors (Lipinski definition) is 0. The molecule has 0 rings (SSSR count). The molecule has 2 heteroatoms. The highest BCUT2D eigenvalue weighted by molar-refractivity contribution is 4.98. The molecule has 0 spiro atoms. The van der Waals surface area contributed by atoms with Crippen molar-refractivity contribution in [3.05, 3.63) is 85.2 Å². The average Bonchev–Trinajstić information content (AvgIpc) is 3.28. The lowest BCUT2D eigenvalue weighted by Crippen LogP contribution is -2.36. The van der Waals surface area contributed by atoms with Gasteiger partial charge in [0.05, 0.1) is 0 Å². The van der Waals surface area contributed by atoms with Crippen molar-refractivity contribution in [3.8, 4) is 0 Å². The van der Waals surface area contributed by atoms with Gasteiger partial charge in [0.1, 0.15) is 0 Å². The molecule has 0 bridgehead atoms. The molecule has 0 saturated carbocycles. The second-order valence-electron chi connectivity index (χ2n) is 19.3. The van der Waals surface area contributed by atoms with E-state index in [1.807, 2.05) is 0 Å². The monoisotopic (exact) mass is 873 g/mol. The summed E-state index contributed by atoms with van der Waals surface area (Å²) in [7, 11) is 4.46. The summed E-state index contributed by atoms with van der Waals surface area (Å²) in [6.45, 7) is 14.0. The van der Waals surface area contributed by atoms with Crippen LogP contribution in [0.5, 0.6) is 0 Å². The lowest BCUT2D eigenvalue weighted by atomic mass is 9.97. The quantitative estimate of drug-likeness (QED) is 0.0444. The topological polar surface area (TPSA) is 6.48 Å². The molecule has 0 aliphatic carbocycles. The number of unbranched alkanes of at least 4 members (excludes halogenated alkanes) is 26. The van der Waals surface area contributed by atoms with Crippen LogP contribution in [0.15, 0.2) is 85.2 Å². The van der Waals surface area contributed by atoms with Gasteiger partial charge in [-0.2, -0.15) is 0 Å². The van der Waals surface area contributed by atoms with Crippen LogP contribution in [0.2, 0.25) is 0 Å². The molecule has 0 amide bonds. The molecule has 0 heterocycles. The first-order valence-corrected chi connectivity index (χ1v) is 28.1. The Kier molecular flexibility index (Phi) is 50.8. The van der Waals surface area contributed by atoms with Crippen molar-refractivity contribution in [3.63, 3.8) is 0 Å². The summed E-state index contributed by atoms with van der Waals surface area (Å²) in [5.41, 5.74) is 1.43. The molecule has 0 saturated heterocycles. The summed E-state index contributed by atoms with van der Waals surface area (Å²) in [6.07, 6.45) is 79.8.